The van der Waals surface area contributed by atoms with Crippen LogP contribution in [-0.2, 0) is 16.1 Å². The van der Waals surface area contributed by atoms with Crippen LogP contribution in [0.5, 0.6) is 0 Å². The number of aryl methyl sites for hydroxylation is 2. The summed E-state index contributed by atoms with van der Waals surface area (Å²) in [6.45, 7) is 5.95. The van der Waals surface area contributed by atoms with Crippen LogP contribution in [0.1, 0.15) is 31.1 Å². The summed E-state index contributed by atoms with van der Waals surface area (Å²) in [5.41, 5.74) is 3.42. The van der Waals surface area contributed by atoms with Crippen molar-refractivity contribution in [3.05, 3.63) is 65.9 Å². The molecule has 0 aliphatic carbocycles. The van der Waals surface area contributed by atoms with Crippen LogP contribution in [0, 0.1) is 12.8 Å². The van der Waals surface area contributed by atoms with Gasteiger partial charge in [0.2, 0.25) is 11.8 Å². The predicted octanol–water partition coefficient (Wildman–Crippen LogP) is 5.00. The smallest absolute Gasteiger partial charge is 0.246 e. The van der Waals surface area contributed by atoms with E-state index in [0.717, 1.165) is 12.1 Å². The number of likely N-dealkylation sites (tertiary alicyclic amines) is 1. The van der Waals surface area contributed by atoms with E-state index in [1.807, 2.05) is 11.0 Å². The molecule has 0 spiro atoms. The van der Waals surface area contributed by atoms with Crippen LogP contribution in [0.3, 0.4) is 0 Å². The number of rotatable bonds is 5. The third kappa shape index (κ3) is 4.21. The molecule has 2 aromatic carbocycles. The number of nitrogens with one attached hydrogen (secondary N) is 1. The molecular formula is C27H28N4O3. The van der Waals surface area contributed by atoms with Crippen LogP contribution in [0.15, 0.2) is 59.1 Å². The molecule has 1 saturated heterocycles. The van der Waals surface area contributed by atoms with Gasteiger partial charge in [0.25, 0.3) is 0 Å². The molecule has 7 nitrogen and oxygen atoms in total. The van der Waals surface area contributed by atoms with Gasteiger partial charge in [-0.3, -0.25) is 9.59 Å². The minimum atomic E-state index is -0.136. The zero-order chi connectivity index (χ0) is 23.7. The van der Waals surface area contributed by atoms with Gasteiger partial charge in [-0.05, 0) is 56.5 Å². The van der Waals surface area contributed by atoms with Crippen molar-refractivity contribution in [1.29, 1.82) is 0 Å². The number of nitrogens with zero attached hydrogens (tertiary/aromatic N) is 3. The van der Waals surface area contributed by atoms with Gasteiger partial charge in [-0.2, -0.15) is 0 Å². The van der Waals surface area contributed by atoms with Crippen LogP contribution in [0.25, 0.3) is 27.9 Å². The molecule has 1 fully saturated rings. The summed E-state index contributed by atoms with van der Waals surface area (Å²) in [4.78, 5) is 27.1. The maximum atomic E-state index is 12.8. The fraction of sp³-hybridized carbons (Fsp3) is 0.296. The van der Waals surface area contributed by atoms with E-state index < -0.39 is 0 Å². The Labute approximate surface area is 198 Å². The Balaban J connectivity index is 1.23. The molecular weight excluding hydrogens is 428 g/mol. The number of anilines is 1. The van der Waals surface area contributed by atoms with Gasteiger partial charge < -0.3 is 19.3 Å². The van der Waals surface area contributed by atoms with E-state index >= 15 is 0 Å². The number of carbonyl (C=O) groups excluding carboxylic acids is 2. The van der Waals surface area contributed by atoms with Gasteiger partial charge in [0.15, 0.2) is 5.82 Å². The largest absolute Gasteiger partial charge is 0.360 e. The first kappa shape index (κ1) is 21.9. The normalized spacial score (nSPS) is 14.9. The molecule has 1 N–H and O–H groups in total. The highest BCUT2D eigenvalue weighted by molar-refractivity contribution is 6.08. The Hall–Kier alpha value is -3.87. The van der Waals surface area contributed by atoms with Gasteiger partial charge in [-0.25, -0.2) is 0 Å². The number of carbonyl (C=O) groups is 2. The summed E-state index contributed by atoms with van der Waals surface area (Å²) >= 11 is 0. The summed E-state index contributed by atoms with van der Waals surface area (Å²) < 4.78 is 7.30. The summed E-state index contributed by atoms with van der Waals surface area (Å²) in [6, 6.07) is 16.4. The van der Waals surface area contributed by atoms with E-state index in [2.05, 4.69) is 64.4 Å². The first-order valence-corrected chi connectivity index (χ1v) is 11.8. The van der Waals surface area contributed by atoms with Crippen molar-refractivity contribution in [2.75, 3.05) is 18.4 Å². The van der Waals surface area contributed by atoms with Crippen LogP contribution in [0.4, 0.5) is 5.82 Å². The molecule has 174 valence electrons. The highest BCUT2D eigenvalue weighted by Gasteiger charge is 2.27. The monoisotopic (exact) mass is 456 g/mol. The van der Waals surface area contributed by atoms with Crippen LogP contribution in [-0.4, -0.2) is 39.5 Å². The molecule has 0 radical (unpaired) electrons. The zero-order valence-electron chi connectivity index (χ0n) is 19.5. The molecule has 0 saturated carbocycles. The van der Waals surface area contributed by atoms with Crippen LogP contribution < -0.4 is 5.32 Å². The average Bonchev–Trinajstić information content (AvgIpc) is 3.42. The second-order valence-electron chi connectivity index (χ2n) is 8.78. The van der Waals surface area contributed by atoms with Crippen LogP contribution in [0.2, 0.25) is 0 Å². The number of aromatic nitrogens is 2. The molecule has 2 amide bonds. The van der Waals surface area contributed by atoms with Gasteiger partial charge in [-0.1, -0.05) is 29.4 Å². The van der Waals surface area contributed by atoms with Crippen molar-refractivity contribution >= 4 is 45.5 Å². The highest BCUT2D eigenvalue weighted by Crippen LogP contribution is 2.30. The fourth-order valence-electron chi connectivity index (χ4n) is 4.80. The maximum Gasteiger partial charge on any atom is 0.246 e. The highest BCUT2D eigenvalue weighted by atomic mass is 16.5. The summed E-state index contributed by atoms with van der Waals surface area (Å²) in [6.07, 6.45) is 4.78. The number of fused-ring (bicyclic) bond motifs is 3. The number of benzene rings is 2. The van der Waals surface area contributed by atoms with Gasteiger partial charge in [-0.15, -0.1) is 0 Å². The van der Waals surface area contributed by atoms with Gasteiger partial charge in [0, 0.05) is 59.5 Å². The third-order valence-electron chi connectivity index (χ3n) is 6.59. The SMILES string of the molecule is CCn1c2ccccc2c2cc(/C=C/C(=O)N3CCC(C(=O)Nc4cc(C)on4)CC3)ccc21. The van der Waals surface area contributed by atoms with E-state index in [1.54, 1.807) is 19.1 Å². The molecule has 1 aliphatic rings. The van der Waals surface area contributed by atoms with Crippen molar-refractivity contribution in [1.82, 2.24) is 14.6 Å². The lowest BCUT2D eigenvalue weighted by molar-refractivity contribution is -0.130. The van der Waals surface area contributed by atoms with Gasteiger partial charge in [0.1, 0.15) is 5.76 Å². The molecule has 2 aromatic heterocycles. The van der Waals surface area contributed by atoms with Gasteiger partial charge in [0.05, 0.1) is 0 Å². The lowest BCUT2D eigenvalue weighted by atomic mass is 9.96. The number of hydrogen-bond donors (Lipinski definition) is 1. The average molecular weight is 457 g/mol. The third-order valence-corrected chi connectivity index (χ3v) is 6.59. The Bertz CT molecular complexity index is 1390. The van der Waals surface area contributed by atoms with E-state index in [1.165, 1.54) is 21.8 Å². The van der Waals surface area contributed by atoms with Crippen molar-refractivity contribution in [2.45, 2.75) is 33.2 Å². The first-order valence-electron chi connectivity index (χ1n) is 11.8. The molecule has 7 heteroatoms. The lowest BCUT2D eigenvalue weighted by Gasteiger charge is -2.30. The minimum absolute atomic E-state index is 0.0259. The molecule has 0 bridgehead atoms. The fourth-order valence-corrected chi connectivity index (χ4v) is 4.80. The van der Waals surface area contributed by atoms with Crippen molar-refractivity contribution < 1.29 is 14.1 Å². The second-order valence-corrected chi connectivity index (χ2v) is 8.78. The van der Waals surface area contributed by atoms with E-state index in [0.29, 0.717) is 37.5 Å². The van der Waals surface area contributed by atoms with E-state index in [-0.39, 0.29) is 17.7 Å². The number of piperidine rings is 1. The molecule has 3 heterocycles. The Morgan fingerprint density at radius 3 is 2.59 bits per heavy atom. The molecule has 0 unspecified atom stereocenters. The first-order chi connectivity index (χ1) is 16.5. The van der Waals surface area contributed by atoms with Gasteiger partial charge >= 0.3 is 0 Å². The Morgan fingerprint density at radius 2 is 1.85 bits per heavy atom. The molecule has 0 atom stereocenters. The Kier molecular flexibility index (Phi) is 5.92. The van der Waals surface area contributed by atoms with Crippen molar-refractivity contribution in [2.24, 2.45) is 5.92 Å². The standard InChI is InChI=1S/C27H28N4O3/c1-3-31-23-7-5-4-6-21(23)22-17-19(8-10-24(22)31)9-11-26(32)30-14-12-20(13-15-30)27(33)28-25-16-18(2)34-29-25/h4-11,16-17,20H,3,12-15H2,1-2H3,(H,28,29,33)/b11-9+. The molecule has 1 aliphatic heterocycles. The zero-order valence-corrected chi connectivity index (χ0v) is 19.5. The quantitative estimate of drug-likeness (QED) is 0.429. The topological polar surface area (TPSA) is 80.4 Å². The number of amides is 2. The molecule has 34 heavy (non-hydrogen) atoms. The van der Waals surface area contributed by atoms with E-state index in [4.69, 9.17) is 4.52 Å². The minimum Gasteiger partial charge on any atom is -0.360 e. The second kappa shape index (κ2) is 9.17. The van der Waals surface area contributed by atoms with Crippen molar-refractivity contribution in [3.8, 4) is 0 Å². The van der Waals surface area contributed by atoms with Crippen molar-refractivity contribution in [3.63, 3.8) is 0 Å². The van der Waals surface area contributed by atoms with E-state index in [9.17, 15) is 9.59 Å². The summed E-state index contributed by atoms with van der Waals surface area (Å²) in [5.74, 6) is 0.849. The summed E-state index contributed by atoms with van der Waals surface area (Å²) in [5, 5.41) is 9.02. The Morgan fingerprint density at radius 1 is 1.09 bits per heavy atom. The maximum absolute atomic E-state index is 12.8. The number of para-hydroxylation sites is 1. The summed E-state index contributed by atoms with van der Waals surface area (Å²) in [7, 11) is 0. The van der Waals surface area contributed by atoms with Crippen LogP contribution >= 0.6 is 0 Å². The molecule has 4 aromatic rings. The number of hydrogen-bond acceptors (Lipinski definition) is 4. The molecule has 5 rings (SSSR count). The lowest BCUT2D eigenvalue weighted by Crippen LogP contribution is -2.40. The predicted molar refractivity (Wildman–Crippen MR) is 133 cm³/mol.